The first kappa shape index (κ1) is 16.4. The number of carbonyl (C=O) groups excluding carboxylic acids is 1. The maximum atomic E-state index is 12.6. The van der Waals surface area contributed by atoms with Gasteiger partial charge in [-0.1, -0.05) is 18.2 Å². The third-order valence-electron chi connectivity index (χ3n) is 3.66. The molecule has 0 unspecified atom stereocenters. The highest BCUT2D eigenvalue weighted by Crippen LogP contribution is 2.16. The number of amides is 1. The lowest BCUT2D eigenvalue weighted by Crippen LogP contribution is -2.17. The molecule has 1 amide bonds. The Morgan fingerprint density at radius 2 is 1.80 bits per heavy atom. The summed E-state index contributed by atoms with van der Waals surface area (Å²) >= 11 is 0. The van der Waals surface area contributed by atoms with Gasteiger partial charge in [-0.2, -0.15) is 0 Å². The fourth-order valence-corrected chi connectivity index (χ4v) is 2.44. The summed E-state index contributed by atoms with van der Waals surface area (Å²) in [7, 11) is 0. The van der Waals surface area contributed by atoms with Crippen LogP contribution in [-0.4, -0.2) is 21.9 Å². The molecule has 0 saturated carbocycles. The van der Waals surface area contributed by atoms with E-state index < -0.39 is 0 Å². The molecule has 3 rings (SSSR count). The smallest absolute Gasteiger partial charge is 0.280 e. The van der Waals surface area contributed by atoms with Gasteiger partial charge in [-0.25, -0.2) is 4.68 Å². The number of rotatable bonds is 4. The van der Waals surface area contributed by atoms with Crippen LogP contribution in [0.3, 0.4) is 0 Å². The van der Waals surface area contributed by atoms with Gasteiger partial charge in [0.2, 0.25) is 5.91 Å². The highest BCUT2D eigenvalue weighted by Gasteiger charge is 2.10. The molecule has 1 heterocycles. The molecule has 1 aromatic heterocycles. The maximum Gasteiger partial charge on any atom is 0.280 e. The van der Waals surface area contributed by atoms with Crippen molar-refractivity contribution in [1.82, 2.24) is 9.78 Å². The molecule has 2 aromatic carbocycles. The summed E-state index contributed by atoms with van der Waals surface area (Å²) in [5, 5.41) is 5.76. The maximum absolute atomic E-state index is 12.6. The van der Waals surface area contributed by atoms with Crippen LogP contribution in [0.1, 0.15) is 18.2 Å². The summed E-state index contributed by atoms with van der Waals surface area (Å²) in [6.45, 7) is 3.29. The number of aliphatic imine (C=N–C) groups is 1. The van der Waals surface area contributed by atoms with Crippen molar-refractivity contribution < 1.29 is 4.79 Å². The molecular formula is C19H18N4O2. The number of aromatic amines is 1. The molecule has 0 spiro atoms. The minimum Gasteiger partial charge on any atom is -0.326 e. The standard InChI is InChI=1S/C19H18N4O2/c1-13-18(19(25)23(22-13)17-6-4-3-5-7-17)12-20-15-8-10-16(11-9-15)21-14(2)24/h3-12,22H,1-2H3,(H,21,24). The number of nitrogens with zero attached hydrogens (tertiary/aromatic N) is 2. The zero-order valence-electron chi connectivity index (χ0n) is 14.0. The number of hydrogen-bond donors (Lipinski definition) is 2. The first-order chi connectivity index (χ1) is 12.0. The largest absolute Gasteiger partial charge is 0.326 e. The first-order valence-corrected chi connectivity index (χ1v) is 7.83. The van der Waals surface area contributed by atoms with Crippen LogP contribution in [0.25, 0.3) is 5.69 Å². The van der Waals surface area contributed by atoms with Gasteiger partial charge in [0.15, 0.2) is 0 Å². The lowest BCUT2D eigenvalue weighted by molar-refractivity contribution is -0.114. The molecule has 0 atom stereocenters. The van der Waals surface area contributed by atoms with Gasteiger partial charge in [0, 0.05) is 24.5 Å². The highest BCUT2D eigenvalue weighted by molar-refractivity contribution is 5.89. The summed E-state index contributed by atoms with van der Waals surface area (Å²) in [5.41, 5.74) is 3.27. The number of para-hydroxylation sites is 1. The van der Waals surface area contributed by atoms with Gasteiger partial charge in [0.05, 0.1) is 16.9 Å². The van der Waals surface area contributed by atoms with Gasteiger partial charge in [-0.3, -0.25) is 19.7 Å². The minimum atomic E-state index is -0.151. The molecule has 0 bridgehead atoms. The second-order valence-electron chi connectivity index (χ2n) is 5.61. The normalized spacial score (nSPS) is 11.0. The fourth-order valence-electron chi connectivity index (χ4n) is 2.44. The van der Waals surface area contributed by atoms with Crippen LogP contribution in [0, 0.1) is 6.92 Å². The van der Waals surface area contributed by atoms with E-state index in [-0.39, 0.29) is 11.5 Å². The first-order valence-electron chi connectivity index (χ1n) is 7.83. The number of nitrogens with one attached hydrogen (secondary N) is 2. The van der Waals surface area contributed by atoms with E-state index >= 15 is 0 Å². The van der Waals surface area contributed by atoms with E-state index in [0.717, 1.165) is 11.4 Å². The predicted molar refractivity (Wildman–Crippen MR) is 99.1 cm³/mol. The number of carbonyl (C=O) groups is 1. The Balaban J connectivity index is 1.86. The number of H-pyrrole nitrogens is 1. The molecule has 0 saturated heterocycles. The lowest BCUT2D eigenvalue weighted by Gasteiger charge is -2.01. The van der Waals surface area contributed by atoms with Crippen LogP contribution in [0.15, 0.2) is 64.4 Å². The van der Waals surface area contributed by atoms with Crippen molar-refractivity contribution in [3.63, 3.8) is 0 Å². The van der Waals surface area contributed by atoms with Crippen molar-refractivity contribution in [3.8, 4) is 5.69 Å². The second-order valence-corrected chi connectivity index (χ2v) is 5.61. The quantitative estimate of drug-likeness (QED) is 0.719. The SMILES string of the molecule is CC(=O)Nc1ccc(N=Cc2c(C)[nH]n(-c3ccccc3)c2=O)cc1. The summed E-state index contributed by atoms with van der Waals surface area (Å²) in [4.78, 5) is 28.0. The highest BCUT2D eigenvalue weighted by atomic mass is 16.1. The van der Waals surface area contributed by atoms with E-state index in [9.17, 15) is 9.59 Å². The summed E-state index contributed by atoms with van der Waals surface area (Å²) in [5.74, 6) is -0.124. The van der Waals surface area contributed by atoms with Crippen molar-refractivity contribution in [2.75, 3.05) is 5.32 Å². The summed E-state index contributed by atoms with van der Waals surface area (Å²) in [6.07, 6.45) is 1.56. The molecular weight excluding hydrogens is 316 g/mol. The monoisotopic (exact) mass is 334 g/mol. The van der Waals surface area contributed by atoms with E-state index in [1.807, 2.05) is 37.3 Å². The Morgan fingerprint density at radius 1 is 1.12 bits per heavy atom. The zero-order valence-corrected chi connectivity index (χ0v) is 14.0. The number of aryl methyl sites for hydroxylation is 1. The van der Waals surface area contributed by atoms with Gasteiger partial charge in [-0.15, -0.1) is 0 Å². The molecule has 0 aliphatic carbocycles. The van der Waals surface area contributed by atoms with E-state index in [0.29, 0.717) is 16.9 Å². The topological polar surface area (TPSA) is 79.2 Å². The van der Waals surface area contributed by atoms with E-state index in [1.165, 1.54) is 11.6 Å². The second kappa shape index (κ2) is 7.00. The molecule has 0 aliphatic rings. The molecule has 25 heavy (non-hydrogen) atoms. The van der Waals surface area contributed by atoms with Gasteiger partial charge >= 0.3 is 0 Å². The van der Waals surface area contributed by atoms with Crippen molar-refractivity contribution in [2.45, 2.75) is 13.8 Å². The van der Waals surface area contributed by atoms with E-state index in [1.54, 1.807) is 30.5 Å². The van der Waals surface area contributed by atoms with Crippen LogP contribution < -0.4 is 10.9 Å². The van der Waals surface area contributed by atoms with Crippen molar-refractivity contribution in [2.24, 2.45) is 4.99 Å². The predicted octanol–water partition coefficient (Wildman–Crippen LogP) is 3.18. The molecule has 6 heteroatoms. The van der Waals surface area contributed by atoms with Crippen LogP contribution in [-0.2, 0) is 4.79 Å². The zero-order chi connectivity index (χ0) is 17.8. The van der Waals surface area contributed by atoms with Gasteiger partial charge < -0.3 is 5.32 Å². The Bertz CT molecular complexity index is 967. The van der Waals surface area contributed by atoms with E-state index in [2.05, 4.69) is 15.4 Å². The molecule has 6 nitrogen and oxygen atoms in total. The van der Waals surface area contributed by atoms with Gasteiger partial charge in [0.25, 0.3) is 5.56 Å². The number of benzene rings is 2. The number of anilines is 1. The molecule has 3 aromatic rings. The van der Waals surface area contributed by atoms with Crippen molar-refractivity contribution in [3.05, 3.63) is 76.2 Å². The molecule has 126 valence electrons. The average molecular weight is 334 g/mol. The van der Waals surface area contributed by atoms with Crippen LogP contribution in [0.4, 0.5) is 11.4 Å². The minimum absolute atomic E-state index is 0.124. The van der Waals surface area contributed by atoms with Crippen LogP contribution in [0.5, 0.6) is 0 Å². The average Bonchev–Trinajstić information content (AvgIpc) is 2.89. The molecule has 2 N–H and O–H groups in total. The third kappa shape index (κ3) is 3.74. The molecule has 0 radical (unpaired) electrons. The summed E-state index contributed by atoms with van der Waals surface area (Å²) < 4.78 is 1.50. The fraction of sp³-hybridized carbons (Fsp3) is 0.105. The Hall–Kier alpha value is -3.41. The molecule has 0 fully saturated rings. The van der Waals surface area contributed by atoms with Crippen molar-refractivity contribution in [1.29, 1.82) is 0 Å². The third-order valence-corrected chi connectivity index (χ3v) is 3.66. The molecule has 0 aliphatic heterocycles. The lowest BCUT2D eigenvalue weighted by atomic mass is 10.2. The number of aromatic nitrogens is 2. The Morgan fingerprint density at radius 3 is 2.44 bits per heavy atom. The summed E-state index contributed by atoms with van der Waals surface area (Å²) in [6, 6.07) is 16.5. The Kier molecular flexibility index (Phi) is 4.61. The van der Waals surface area contributed by atoms with Crippen LogP contribution >= 0.6 is 0 Å². The van der Waals surface area contributed by atoms with Gasteiger partial charge in [0.1, 0.15) is 0 Å². The number of hydrogen-bond acceptors (Lipinski definition) is 3. The van der Waals surface area contributed by atoms with Crippen LogP contribution in [0.2, 0.25) is 0 Å². The van der Waals surface area contributed by atoms with Crippen molar-refractivity contribution >= 4 is 23.5 Å². The Labute approximate surface area is 144 Å². The van der Waals surface area contributed by atoms with Gasteiger partial charge in [-0.05, 0) is 43.3 Å². The van der Waals surface area contributed by atoms with E-state index in [4.69, 9.17) is 0 Å².